The van der Waals surface area contributed by atoms with Gasteiger partial charge in [-0.3, -0.25) is 0 Å². The molecule has 2 N–H and O–H groups in total. The number of hydrogen-bond donors (Lipinski definition) is 2. The second-order valence-corrected chi connectivity index (χ2v) is 1.90. The average molecular weight is 137 g/mol. The lowest BCUT2D eigenvalue weighted by molar-refractivity contribution is 1.27. The van der Waals surface area contributed by atoms with Crippen LogP contribution in [0.15, 0.2) is 18.3 Å². The fraction of sp³-hybridized carbons (Fsp3) is 0.286. The fourth-order valence-electron chi connectivity index (χ4n) is 0.806. The predicted octanol–water partition coefficient (Wildman–Crippen LogP) is 1.16. The molecule has 3 nitrogen and oxygen atoms in total. The van der Waals surface area contributed by atoms with E-state index < -0.39 is 0 Å². The summed E-state index contributed by atoms with van der Waals surface area (Å²) in [6.07, 6.45) is 1.76. The smallest absolute Gasteiger partial charge is 0.149 e. The maximum atomic E-state index is 4.09. The van der Waals surface area contributed by atoms with Gasteiger partial charge in [0.2, 0.25) is 0 Å². The number of rotatable bonds is 2. The van der Waals surface area contributed by atoms with Crippen molar-refractivity contribution in [2.24, 2.45) is 0 Å². The van der Waals surface area contributed by atoms with Gasteiger partial charge in [0.25, 0.3) is 0 Å². The Morgan fingerprint density at radius 2 is 2.10 bits per heavy atom. The van der Waals surface area contributed by atoms with Gasteiger partial charge in [-0.1, -0.05) is 0 Å². The topological polar surface area (TPSA) is 37.0 Å². The lowest BCUT2D eigenvalue weighted by Crippen LogP contribution is -1.97. The molecule has 3 heteroatoms. The standard InChI is InChI=1S/C7H11N3/c1-8-6-4-3-5-10-7(6)9-2/h3-5,8H,1-2H3,(H,9,10). The van der Waals surface area contributed by atoms with Crippen LogP contribution in [0.3, 0.4) is 0 Å². The Morgan fingerprint density at radius 1 is 1.30 bits per heavy atom. The first-order chi connectivity index (χ1) is 4.88. The van der Waals surface area contributed by atoms with E-state index >= 15 is 0 Å². The van der Waals surface area contributed by atoms with Gasteiger partial charge in [-0.2, -0.15) is 0 Å². The molecule has 1 heterocycles. The molecule has 0 radical (unpaired) electrons. The van der Waals surface area contributed by atoms with Gasteiger partial charge in [0.15, 0.2) is 0 Å². The average Bonchev–Trinajstić information content (AvgIpc) is 2.04. The SMILES string of the molecule is CNc1cccnc1NC. The molecule has 1 rings (SSSR count). The summed E-state index contributed by atoms with van der Waals surface area (Å²) >= 11 is 0. The highest BCUT2D eigenvalue weighted by molar-refractivity contribution is 5.62. The molecule has 0 amide bonds. The van der Waals surface area contributed by atoms with Crippen LogP contribution in [-0.2, 0) is 0 Å². The van der Waals surface area contributed by atoms with Gasteiger partial charge in [0.1, 0.15) is 5.82 Å². The van der Waals surface area contributed by atoms with Crippen LogP contribution in [0.2, 0.25) is 0 Å². The van der Waals surface area contributed by atoms with E-state index in [2.05, 4.69) is 15.6 Å². The maximum absolute atomic E-state index is 4.09. The molecule has 0 aliphatic heterocycles. The monoisotopic (exact) mass is 137 g/mol. The molecule has 54 valence electrons. The Morgan fingerprint density at radius 3 is 2.60 bits per heavy atom. The molecule has 0 bridgehead atoms. The zero-order valence-electron chi connectivity index (χ0n) is 6.18. The summed E-state index contributed by atoms with van der Waals surface area (Å²) in [5.74, 6) is 0.880. The van der Waals surface area contributed by atoms with Crippen molar-refractivity contribution >= 4 is 11.5 Å². The van der Waals surface area contributed by atoms with Gasteiger partial charge in [-0.15, -0.1) is 0 Å². The molecule has 0 fully saturated rings. The number of hydrogen-bond acceptors (Lipinski definition) is 3. The highest BCUT2D eigenvalue weighted by Crippen LogP contribution is 2.14. The van der Waals surface area contributed by atoms with E-state index in [0.29, 0.717) is 0 Å². The second kappa shape index (κ2) is 3.06. The molecule has 1 aromatic heterocycles. The van der Waals surface area contributed by atoms with Crippen molar-refractivity contribution in [3.8, 4) is 0 Å². The fourth-order valence-corrected chi connectivity index (χ4v) is 0.806. The van der Waals surface area contributed by atoms with Crippen LogP contribution in [-0.4, -0.2) is 19.1 Å². The third-order valence-electron chi connectivity index (χ3n) is 1.31. The number of anilines is 2. The van der Waals surface area contributed by atoms with Gasteiger partial charge in [-0.05, 0) is 12.1 Å². The lowest BCUT2D eigenvalue weighted by Gasteiger charge is -2.04. The Balaban J connectivity index is 2.96. The van der Waals surface area contributed by atoms with Crippen LogP contribution >= 0.6 is 0 Å². The van der Waals surface area contributed by atoms with Gasteiger partial charge < -0.3 is 10.6 Å². The third kappa shape index (κ3) is 1.18. The zero-order chi connectivity index (χ0) is 7.40. The van der Waals surface area contributed by atoms with Crippen LogP contribution in [0.5, 0.6) is 0 Å². The van der Waals surface area contributed by atoms with Crippen molar-refractivity contribution in [3.63, 3.8) is 0 Å². The van der Waals surface area contributed by atoms with Crippen molar-refractivity contribution in [1.82, 2.24) is 4.98 Å². The van der Waals surface area contributed by atoms with Crippen LogP contribution in [0.1, 0.15) is 0 Å². The first-order valence-electron chi connectivity index (χ1n) is 3.19. The molecule has 0 aromatic carbocycles. The van der Waals surface area contributed by atoms with Crippen molar-refractivity contribution in [3.05, 3.63) is 18.3 Å². The highest BCUT2D eigenvalue weighted by atomic mass is 15.0. The molecule has 10 heavy (non-hydrogen) atoms. The number of nitrogens with zero attached hydrogens (tertiary/aromatic N) is 1. The summed E-state index contributed by atoms with van der Waals surface area (Å²) in [5, 5.41) is 5.99. The third-order valence-corrected chi connectivity index (χ3v) is 1.31. The number of aromatic nitrogens is 1. The van der Waals surface area contributed by atoms with Gasteiger partial charge in [0, 0.05) is 20.3 Å². The lowest BCUT2D eigenvalue weighted by atomic mass is 10.4. The molecule has 0 atom stereocenters. The largest absolute Gasteiger partial charge is 0.385 e. The molecule has 0 aliphatic rings. The summed E-state index contributed by atoms with van der Waals surface area (Å²) in [7, 11) is 3.72. The van der Waals surface area contributed by atoms with E-state index in [1.54, 1.807) is 6.20 Å². The minimum Gasteiger partial charge on any atom is -0.385 e. The predicted molar refractivity (Wildman–Crippen MR) is 43.3 cm³/mol. The highest BCUT2D eigenvalue weighted by Gasteiger charge is 1.94. The first kappa shape index (κ1) is 6.86. The molecule has 0 saturated heterocycles. The van der Waals surface area contributed by atoms with Crippen LogP contribution < -0.4 is 10.6 Å². The van der Waals surface area contributed by atoms with Crippen LogP contribution in [0.4, 0.5) is 11.5 Å². The molecule has 0 saturated carbocycles. The number of nitrogens with one attached hydrogen (secondary N) is 2. The molecular weight excluding hydrogens is 126 g/mol. The Kier molecular flexibility index (Phi) is 2.10. The van der Waals surface area contributed by atoms with E-state index in [-0.39, 0.29) is 0 Å². The van der Waals surface area contributed by atoms with Crippen molar-refractivity contribution < 1.29 is 0 Å². The Labute approximate surface area is 60.5 Å². The van der Waals surface area contributed by atoms with E-state index in [1.165, 1.54) is 0 Å². The van der Waals surface area contributed by atoms with Crippen LogP contribution in [0, 0.1) is 0 Å². The van der Waals surface area contributed by atoms with E-state index in [1.807, 2.05) is 26.2 Å². The summed E-state index contributed by atoms with van der Waals surface area (Å²) in [6.45, 7) is 0. The van der Waals surface area contributed by atoms with Gasteiger partial charge >= 0.3 is 0 Å². The maximum Gasteiger partial charge on any atom is 0.149 e. The van der Waals surface area contributed by atoms with Gasteiger partial charge in [0.05, 0.1) is 5.69 Å². The first-order valence-corrected chi connectivity index (χ1v) is 3.19. The van der Waals surface area contributed by atoms with E-state index in [4.69, 9.17) is 0 Å². The summed E-state index contributed by atoms with van der Waals surface area (Å²) in [6, 6.07) is 3.87. The Bertz CT molecular complexity index is 187. The van der Waals surface area contributed by atoms with E-state index in [0.717, 1.165) is 11.5 Å². The molecule has 0 spiro atoms. The van der Waals surface area contributed by atoms with Crippen LogP contribution in [0.25, 0.3) is 0 Å². The summed E-state index contributed by atoms with van der Waals surface area (Å²) in [5.41, 5.74) is 1.02. The number of pyridine rings is 1. The second-order valence-electron chi connectivity index (χ2n) is 1.90. The summed E-state index contributed by atoms with van der Waals surface area (Å²) < 4.78 is 0. The molecular formula is C7H11N3. The molecule has 0 aliphatic carbocycles. The van der Waals surface area contributed by atoms with Crippen molar-refractivity contribution in [2.75, 3.05) is 24.7 Å². The zero-order valence-corrected chi connectivity index (χ0v) is 6.18. The van der Waals surface area contributed by atoms with E-state index in [9.17, 15) is 0 Å². The minimum atomic E-state index is 0.880. The normalized spacial score (nSPS) is 9.00. The van der Waals surface area contributed by atoms with Gasteiger partial charge in [-0.25, -0.2) is 4.98 Å². The Hall–Kier alpha value is -1.25. The van der Waals surface area contributed by atoms with Crippen molar-refractivity contribution in [2.45, 2.75) is 0 Å². The summed E-state index contributed by atoms with van der Waals surface area (Å²) in [4.78, 5) is 4.09. The van der Waals surface area contributed by atoms with Crippen molar-refractivity contribution in [1.29, 1.82) is 0 Å². The molecule has 0 unspecified atom stereocenters. The quantitative estimate of drug-likeness (QED) is 0.642. The minimum absolute atomic E-state index is 0.880. The molecule has 1 aromatic rings.